The molecule has 3 heterocycles. The van der Waals surface area contributed by atoms with Gasteiger partial charge in [-0.3, -0.25) is 0 Å². The molecule has 0 amide bonds. The van der Waals surface area contributed by atoms with Gasteiger partial charge >= 0.3 is 0 Å². The predicted octanol–water partition coefficient (Wildman–Crippen LogP) is 3.02. The maximum absolute atomic E-state index is 4.47. The van der Waals surface area contributed by atoms with E-state index in [-0.39, 0.29) is 5.54 Å². The second-order valence-electron chi connectivity index (χ2n) is 6.62. The van der Waals surface area contributed by atoms with Crippen LogP contribution in [0.3, 0.4) is 0 Å². The highest BCUT2D eigenvalue weighted by Crippen LogP contribution is 2.24. The van der Waals surface area contributed by atoms with Gasteiger partial charge in [-0.1, -0.05) is 0 Å². The minimum absolute atomic E-state index is 0.126. The molecule has 0 radical (unpaired) electrons. The molecule has 24 heavy (non-hydrogen) atoms. The van der Waals surface area contributed by atoms with E-state index in [0.717, 1.165) is 34.8 Å². The van der Waals surface area contributed by atoms with Crippen molar-refractivity contribution in [3.63, 3.8) is 0 Å². The van der Waals surface area contributed by atoms with Gasteiger partial charge in [-0.2, -0.15) is 5.10 Å². The van der Waals surface area contributed by atoms with E-state index in [1.165, 1.54) is 0 Å². The zero-order valence-electron chi connectivity index (χ0n) is 14.5. The van der Waals surface area contributed by atoms with Gasteiger partial charge in [0.2, 0.25) is 0 Å². The zero-order valence-corrected chi connectivity index (χ0v) is 14.5. The van der Waals surface area contributed by atoms with Crippen LogP contribution < -0.4 is 10.6 Å². The van der Waals surface area contributed by atoms with Crippen LogP contribution in [0.4, 0.5) is 11.6 Å². The number of nitrogens with one attached hydrogen (secondary N) is 2. The van der Waals surface area contributed by atoms with Crippen LogP contribution in [0.2, 0.25) is 0 Å². The van der Waals surface area contributed by atoms with Gasteiger partial charge in [-0.25, -0.2) is 19.6 Å². The Hall–Kier alpha value is -2.70. The summed E-state index contributed by atoms with van der Waals surface area (Å²) in [6.45, 7) is 9.88. The molecule has 0 spiro atoms. The average molecular weight is 325 g/mol. The van der Waals surface area contributed by atoms with Crippen LogP contribution in [-0.4, -0.2) is 31.3 Å². The fourth-order valence-electron chi connectivity index (χ4n) is 2.52. The van der Waals surface area contributed by atoms with Crippen LogP contribution in [0.1, 0.15) is 33.3 Å². The smallest absolute Gasteiger partial charge is 0.163 e. The molecule has 0 aliphatic carbocycles. The topological polar surface area (TPSA) is 80.5 Å². The third kappa shape index (κ3) is 3.29. The minimum atomic E-state index is -0.126. The molecule has 7 nitrogen and oxygen atoms in total. The number of anilines is 2. The van der Waals surface area contributed by atoms with Crippen molar-refractivity contribution >= 4 is 22.7 Å². The van der Waals surface area contributed by atoms with Gasteiger partial charge in [0.25, 0.3) is 0 Å². The Labute approximate surface area is 141 Å². The van der Waals surface area contributed by atoms with Gasteiger partial charge in [-0.15, -0.1) is 0 Å². The first kappa shape index (κ1) is 16.2. The van der Waals surface area contributed by atoms with Gasteiger partial charge in [0.15, 0.2) is 5.65 Å². The molecule has 0 atom stereocenters. The number of hydrogen-bond acceptors (Lipinski definition) is 6. The molecule has 0 saturated carbocycles. The van der Waals surface area contributed by atoms with Gasteiger partial charge < -0.3 is 10.6 Å². The summed E-state index contributed by atoms with van der Waals surface area (Å²) in [5, 5.41) is 12.0. The maximum atomic E-state index is 4.47. The highest BCUT2D eigenvalue weighted by atomic mass is 15.3. The van der Waals surface area contributed by atoms with Crippen LogP contribution >= 0.6 is 0 Å². The molecule has 2 N–H and O–H groups in total. The van der Waals surface area contributed by atoms with Crippen molar-refractivity contribution in [2.75, 3.05) is 17.2 Å². The van der Waals surface area contributed by atoms with Crippen molar-refractivity contribution in [1.82, 2.24) is 24.7 Å². The Morgan fingerprint density at radius 1 is 1.12 bits per heavy atom. The lowest BCUT2D eigenvalue weighted by Crippen LogP contribution is -2.23. The predicted molar refractivity (Wildman–Crippen MR) is 96.0 cm³/mol. The Balaban J connectivity index is 1.83. The van der Waals surface area contributed by atoms with Gasteiger partial charge in [-0.05, 0) is 45.4 Å². The van der Waals surface area contributed by atoms with E-state index in [1.54, 1.807) is 6.33 Å². The van der Waals surface area contributed by atoms with Crippen molar-refractivity contribution in [3.8, 4) is 0 Å². The lowest BCUT2D eigenvalue weighted by molar-refractivity contribution is 0.366. The molecule has 3 aromatic heterocycles. The van der Waals surface area contributed by atoms with E-state index >= 15 is 0 Å². The summed E-state index contributed by atoms with van der Waals surface area (Å²) in [6, 6.07) is 4.03. The van der Waals surface area contributed by atoms with Gasteiger partial charge in [0.1, 0.15) is 18.0 Å². The first-order valence-electron chi connectivity index (χ1n) is 8.11. The Morgan fingerprint density at radius 2 is 1.96 bits per heavy atom. The lowest BCUT2D eigenvalue weighted by Gasteiger charge is -2.19. The molecule has 0 aliphatic heterocycles. The van der Waals surface area contributed by atoms with Crippen molar-refractivity contribution in [3.05, 3.63) is 36.4 Å². The molecule has 0 aliphatic rings. The summed E-state index contributed by atoms with van der Waals surface area (Å²) in [4.78, 5) is 13.0. The highest BCUT2D eigenvalue weighted by molar-refractivity contribution is 5.86. The minimum Gasteiger partial charge on any atom is -0.370 e. The summed E-state index contributed by atoms with van der Waals surface area (Å²) in [7, 11) is 0. The Kier molecular flexibility index (Phi) is 4.33. The number of pyridine rings is 1. The van der Waals surface area contributed by atoms with Gasteiger partial charge in [0.05, 0.1) is 17.1 Å². The summed E-state index contributed by atoms with van der Waals surface area (Å²) < 4.78 is 1.92. The number of aromatic nitrogens is 5. The monoisotopic (exact) mass is 325 g/mol. The normalized spacial score (nSPS) is 11.7. The second-order valence-corrected chi connectivity index (χ2v) is 6.62. The molecular formula is C17H23N7. The van der Waals surface area contributed by atoms with E-state index in [1.807, 2.05) is 29.2 Å². The van der Waals surface area contributed by atoms with Crippen molar-refractivity contribution < 1.29 is 0 Å². The molecule has 7 heteroatoms. The highest BCUT2D eigenvalue weighted by Gasteiger charge is 2.19. The van der Waals surface area contributed by atoms with Crippen LogP contribution in [0.15, 0.2) is 30.9 Å². The summed E-state index contributed by atoms with van der Waals surface area (Å²) >= 11 is 0. The number of nitrogens with zero attached hydrogens (tertiary/aromatic N) is 5. The van der Waals surface area contributed by atoms with E-state index in [4.69, 9.17) is 0 Å². The SMILES string of the molecule is CCNc1cc(CNc2ncnc3c2cnn3C(C)(C)C)ccn1. The summed E-state index contributed by atoms with van der Waals surface area (Å²) in [5.41, 5.74) is 1.85. The lowest BCUT2D eigenvalue weighted by atomic mass is 10.1. The fourth-order valence-corrected chi connectivity index (χ4v) is 2.52. The van der Waals surface area contributed by atoms with Crippen molar-refractivity contribution in [2.45, 2.75) is 39.8 Å². The molecule has 0 fully saturated rings. The second kappa shape index (κ2) is 6.43. The first-order chi connectivity index (χ1) is 11.5. The van der Waals surface area contributed by atoms with Crippen molar-refractivity contribution in [2.24, 2.45) is 0 Å². The molecular weight excluding hydrogens is 302 g/mol. The molecule has 0 aromatic carbocycles. The zero-order chi connectivity index (χ0) is 17.2. The van der Waals surface area contributed by atoms with Crippen molar-refractivity contribution in [1.29, 1.82) is 0 Å². The van der Waals surface area contributed by atoms with Crippen LogP contribution in [0.5, 0.6) is 0 Å². The molecule has 0 unspecified atom stereocenters. The maximum Gasteiger partial charge on any atom is 0.163 e. The number of hydrogen-bond donors (Lipinski definition) is 2. The van der Waals surface area contributed by atoms with Crippen LogP contribution in [0, 0.1) is 0 Å². The Bertz CT molecular complexity index is 832. The van der Waals surface area contributed by atoms with E-state index < -0.39 is 0 Å². The fraction of sp³-hybridized carbons (Fsp3) is 0.412. The van der Waals surface area contributed by atoms with Crippen LogP contribution in [-0.2, 0) is 12.1 Å². The average Bonchev–Trinajstić information content (AvgIpc) is 2.98. The third-order valence-electron chi connectivity index (χ3n) is 3.64. The Morgan fingerprint density at radius 3 is 2.71 bits per heavy atom. The van der Waals surface area contributed by atoms with E-state index in [2.05, 4.69) is 58.4 Å². The quantitative estimate of drug-likeness (QED) is 0.750. The van der Waals surface area contributed by atoms with E-state index in [9.17, 15) is 0 Å². The summed E-state index contributed by atoms with van der Waals surface area (Å²) in [5.74, 6) is 1.67. The largest absolute Gasteiger partial charge is 0.370 e. The number of rotatable bonds is 5. The molecule has 3 rings (SSSR count). The third-order valence-corrected chi connectivity index (χ3v) is 3.64. The number of fused-ring (bicyclic) bond motifs is 1. The van der Waals surface area contributed by atoms with E-state index in [0.29, 0.717) is 6.54 Å². The standard InChI is InChI=1S/C17H23N7/c1-5-18-14-8-12(6-7-19-14)9-20-15-13-10-23-24(17(2,3)4)16(13)22-11-21-15/h6-8,10-11H,5,9H2,1-4H3,(H,18,19)(H,20,21,22). The molecule has 0 bridgehead atoms. The van der Waals surface area contributed by atoms with Crippen LogP contribution in [0.25, 0.3) is 11.0 Å². The summed E-state index contributed by atoms with van der Waals surface area (Å²) in [6.07, 6.45) is 5.20. The van der Waals surface area contributed by atoms with Gasteiger partial charge in [0, 0.05) is 19.3 Å². The molecule has 3 aromatic rings. The molecule has 126 valence electrons. The molecule has 0 saturated heterocycles. The first-order valence-corrected chi connectivity index (χ1v) is 8.11.